The minimum Gasteiger partial charge on any atom is -0.384 e. The maximum atomic E-state index is 13.3. The topological polar surface area (TPSA) is 67.2 Å². The number of aromatic nitrogens is 2. The number of carbonyl (C=O) groups is 1. The highest BCUT2D eigenvalue weighted by Crippen LogP contribution is 2.10. The highest BCUT2D eigenvalue weighted by Gasteiger charge is 2.11. The van der Waals surface area contributed by atoms with Crippen LogP contribution in [-0.2, 0) is 6.54 Å². The molecule has 1 aromatic heterocycles. The molecule has 0 aliphatic heterocycles. The molecule has 1 aromatic carbocycles. The van der Waals surface area contributed by atoms with Crippen molar-refractivity contribution in [3.05, 3.63) is 53.9 Å². The first-order valence-corrected chi connectivity index (χ1v) is 6.34. The van der Waals surface area contributed by atoms with Crippen LogP contribution in [-0.4, -0.2) is 33.7 Å². The fraction of sp³-hybridized carbons (Fsp3) is 0.200. The molecule has 0 saturated carbocycles. The maximum Gasteiger partial charge on any atom is 0.252 e. The third kappa shape index (κ3) is 4.16. The molecule has 2 aromatic rings. The van der Waals surface area contributed by atoms with E-state index < -0.39 is 11.7 Å². The van der Waals surface area contributed by atoms with Gasteiger partial charge in [0.05, 0.1) is 11.9 Å². The minimum atomic E-state index is -0.510. The van der Waals surface area contributed by atoms with Crippen molar-refractivity contribution in [3.63, 3.8) is 0 Å². The Morgan fingerprint density at radius 1 is 1.48 bits per heavy atom. The van der Waals surface area contributed by atoms with Crippen molar-refractivity contribution in [3.8, 4) is 11.8 Å². The minimum absolute atomic E-state index is 0.154. The molecule has 21 heavy (non-hydrogen) atoms. The van der Waals surface area contributed by atoms with E-state index >= 15 is 0 Å². The van der Waals surface area contributed by atoms with E-state index in [-0.39, 0.29) is 12.2 Å². The number of rotatable bonds is 4. The van der Waals surface area contributed by atoms with Crippen molar-refractivity contribution >= 4 is 5.91 Å². The molecule has 0 saturated heterocycles. The van der Waals surface area contributed by atoms with E-state index in [1.807, 2.05) is 4.57 Å². The fourth-order valence-electron chi connectivity index (χ4n) is 1.76. The summed E-state index contributed by atoms with van der Waals surface area (Å²) in [6, 6.07) is 3.78. The van der Waals surface area contributed by atoms with Crippen LogP contribution in [0.3, 0.4) is 0 Å². The number of hydrogen-bond donors (Lipinski definition) is 2. The van der Waals surface area contributed by atoms with Crippen LogP contribution in [0.1, 0.15) is 15.9 Å². The second-order valence-corrected chi connectivity index (χ2v) is 4.21. The molecule has 2 N–H and O–H groups in total. The standard InChI is InChI=1S/C15H14FN3O2/c16-13-4-3-12(2-1-9-20)14(10-13)15(21)18-6-8-19-7-5-17-11-19/h3-5,7,10-11,20H,6,8-9H2,(H,18,21). The Balaban J connectivity index is 2.05. The molecule has 0 atom stereocenters. The van der Waals surface area contributed by atoms with E-state index in [0.29, 0.717) is 18.7 Å². The molecular weight excluding hydrogens is 273 g/mol. The van der Waals surface area contributed by atoms with Crippen LogP contribution in [0.15, 0.2) is 36.9 Å². The lowest BCUT2D eigenvalue weighted by Gasteiger charge is -2.07. The van der Waals surface area contributed by atoms with E-state index in [2.05, 4.69) is 22.1 Å². The predicted octanol–water partition coefficient (Wildman–Crippen LogP) is 0.796. The van der Waals surface area contributed by atoms with Crippen LogP contribution in [0.25, 0.3) is 0 Å². The van der Waals surface area contributed by atoms with Crippen LogP contribution in [0.5, 0.6) is 0 Å². The number of nitrogens with zero attached hydrogens (tertiary/aromatic N) is 2. The second-order valence-electron chi connectivity index (χ2n) is 4.21. The van der Waals surface area contributed by atoms with E-state index in [1.54, 1.807) is 18.7 Å². The molecular formula is C15H14FN3O2. The Kier molecular flexibility index (Phi) is 5.07. The summed E-state index contributed by atoms with van der Waals surface area (Å²) in [7, 11) is 0. The Morgan fingerprint density at radius 3 is 3.05 bits per heavy atom. The summed E-state index contributed by atoms with van der Waals surface area (Å²) >= 11 is 0. The van der Waals surface area contributed by atoms with E-state index in [0.717, 1.165) is 6.07 Å². The number of benzene rings is 1. The first kappa shape index (κ1) is 14.8. The van der Waals surface area contributed by atoms with Gasteiger partial charge < -0.3 is 15.0 Å². The Bertz CT molecular complexity index is 672. The maximum absolute atomic E-state index is 13.3. The number of imidazole rings is 1. The highest BCUT2D eigenvalue weighted by atomic mass is 19.1. The van der Waals surface area contributed by atoms with Crippen LogP contribution < -0.4 is 5.32 Å². The monoisotopic (exact) mass is 287 g/mol. The Morgan fingerprint density at radius 2 is 2.33 bits per heavy atom. The molecule has 1 heterocycles. The quantitative estimate of drug-likeness (QED) is 0.817. The van der Waals surface area contributed by atoms with Gasteiger partial charge in [0.1, 0.15) is 12.4 Å². The van der Waals surface area contributed by atoms with Crippen molar-refractivity contribution in [1.82, 2.24) is 14.9 Å². The average molecular weight is 287 g/mol. The largest absolute Gasteiger partial charge is 0.384 e. The normalized spacial score (nSPS) is 9.81. The summed E-state index contributed by atoms with van der Waals surface area (Å²) in [6.07, 6.45) is 5.08. The summed E-state index contributed by atoms with van der Waals surface area (Å²) in [6.45, 7) is 0.635. The van der Waals surface area contributed by atoms with Gasteiger partial charge in [-0.3, -0.25) is 4.79 Å². The van der Waals surface area contributed by atoms with Crippen molar-refractivity contribution in [1.29, 1.82) is 0 Å². The molecule has 0 spiro atoms. The van der Waals surface area contributed by atoms with Gasteiger partial charge in [0, 0.05) is 31.0 Å². The lowest BCUT2D eigenvalue weighted by atomic mass is 10.1. The van der Waals surface area contributed by atoms with E-state index in [4.69, 9.17) is 5.11 Å². The van der Waals surface area contributed by atoms with Gasteiger partial charge in [0.15, 0.2) is 0 Å². The second kappa shape index (κ2) is 7.22. The molecule has 0 aliphatic carbocycles. The first-order valence-electron chi connectivity index (χ1n) is 6.34. The summed E-state index contributed by atoms with van der Waals surface area (Å²) in [5.74, 6) is 4.17. The SMILES string of the molecule is O=C(NCCn1ccnc1)c1cc(F)ccc1C#CCO. The molecule has 0 fully saturated rings. The summed E-state index contributed by atoms with van der Waals surface area (Å²) in [5, 5.41) is 11.4. The summed E-state index contributed by atoms with van der Waals surface area (Å²) in [4.78, 5) is 16.0. The van der Waals surface area contributed by atoms with Crippen LogP contribution in [0.4, 0.5) is 4.39 Å². The third-order valence-electron chi connectivity index (χ3n) is 2.74. The number of aliphatic hydroxyl groups is 1. The van der Waals surface area contributed by atoms with Crippen molar-refractivity contribution < 1.29 is 14.3 Å². The van der Waals surface area contributed by atoms with Crippen molar-refractivity contribution in [2.75, 3.05) is 13.2 Å². The Hall–Kier alpha value is -2.65. The third-order valence-corrected chi connectivity index (χ3v) is 2.74. The van der Waals surface area contributed by atoms with E-state index in [1.165, 1.54) is 12.1 Å². The van der Waals surface area contributed by atoms with Gasteiger partial charge in [-0.05, 0) is 18.2 Å². The predicted molar refractivity (Wildman–Crippen MR) is 74.9 cm³/mol. The van der Waals surface area contributed by atoms with Gasteiger partial charge in [0.25, 0.3) is 5.91 Å². The number of amides is 1. The van der Waals surface area contributed by atoms with Gasteiger partial charge in [-0.1, -0.05) is 11.8 Å². The van der Waals surface area contributed by atoms with Crippen molar-refractivity contribution in [2.24, 2.45) is 0 Å². The Labute approximate surface area is 121 Å². The van der Waals surface area contributed by atoms with Gasteiger partial charge in [-0.25, -0.2) is 9.37 Å². The lowest BCUT2D eigenvalue weighted by molar-refractivity contribution is 0.0951. The van der Waals surface area contributed by atoms with Crippen LogP contribution >= 0.6 is 0 Å². The van der Waals surface area contributed by atoms with Crippen LogP contribution in [0.2, 0.25) is 0 Å². The molecule has 5 nitrogen and oxygen atoms in total. The molecule has 2 rings (SSSR count). The van der Waals surface area contributed by atoms with Gasteiger partial charge in [-0.2, -0.15) is 0 Å². The number of hydrogen-bond acceptors (Lipinski definition) is 3. The smallest absolute Gasteiger partial charge is 0.252 e. The molecule has 0 radical (unpaired) electrons. The summed E-state index contributed by atoms with van der Waals surface area (Å²) in [5.41, 5.74) is 0.534. The summed E-state index contributed by atoms with van der Waals surface area (Å²) < 4.78 is 15.1. The molecule has 108 valence electrons. The lowest BCUT2D eigenvalue weighted by Crippen LogP contribution is -2.27. The number of carbonyl (C=O) groups excluding carboxylic acids is 1. The first-order chi connectivity index (χ1) is 10.2. The zero-order chi connectivity index (χ0) is 15.1. The molecule has 0 bridgehead atoms. The average Bonchev–Trinajstić information content (AvgIpc) is 2.99. The van der Waals surface area contributed by atoms with Crippen molar-refractivity contribution in [2.45, 2.75) is 6.54 Å². The van der Waals surface area contributed by atoms with E-state index in [9.17, 15) is 9.18 Å². The van der Waals surface area contributed by atoms with Gasteiger partial charge in [-0.15, -0.1) is 0 Å². The number of nitrogens with one attached hydrogen (secondary N) is 1. The fourth-order valence-corrected chi connectivity index (χ4v) is 1.76. The highest BCUT2D eigenvalue weighted by molar-refractivity contribution is 5.96. The molecule has 0 unspecified atom stereocenters. The molecule has 1 amide bonds. The zero-order valence-electron chi connectivity index (χ0n) is 11.2. The number of halogens is 1. The number of aliphatic hydroxyl groups excluding tert-OH is 1. The molecule has 6 heteroatoms. The van der Waals surface area contributed by atoms with Gasteiger partial charge >= 0.3 is 0 Å². The zero-order valence-corrected chi connectivity index (χ0v) is 11.2. The van der Waals surface area contributed by atoms with Gasteiger partial charge in [0.2, 0.25) is 0 Å². The van der Waals surface area contributed by atoms with Crippen LogP contribution in [0, 0.1) is 17.7 Å². The molecule has 0 aliphatic rings.